The minimum atomic E-state index is -0.0935. The van der Waals surface area contributed by atoms with Gasteiger partial charge >= 0.3 is 0 Å². The van der Waals surface area contributed by atoms with Crippen LogP contribution in [0.5, 0.6) is 11.5 Å². The number of fused-ring (bicyclic) bond motifs is 13. The Kier molecular flexibility index (Phi) is 8.25. The van der Waals surface area contributed by atoms with E-state index in [1.54, 1.807) is 0 Å². The van der Waals surface area contributed by atoms with Crippen molar-refractivity contribution in [3.63, 3.8) is 0 Å². The number of imidazole rings is 1. The monoisotopic (exact) mass is 852 g/mol. The van der Waals surface area contributed by atoms with Crippen molar-refractivity contribution in [2.24, 2.45) is 7.05 Å². The molecule has 0 atom stereocenters. The second-order valence-corrected chi connectivity index (χ2v) is 18.3. The number of aryl methyl sites for hydroxylation is 1. The third-order valence-corrected chi connectivity index (χ3v) is 13.4. The van der Waals surface area contributed by atoms with Crippen molar-refractivity contribution in [1.82, 2.24) is 23.3 Å². The quantitative estimate of drug-likeness (QED) is 0.124. The van der Waals surface area contributed by atoms with Crippen LogP contribution in [-0.4, -0.2) is 23.3 Å². The molecule has 7 heteroatoms. The molecule has 0 bridgehead atoms. The van der Waals surface area contributed by atoms with E-state index in [0.29, 0.717) is 0 Å². The zero-order valence-corrected chi connectivity index (χ0v) is 37.1. The summed E-state index contributed by atoms with van der Waals surface area (Å²) in [6, 6.07) is 66.5. The first-order chi connectivity index (χ1) is 32.3. The molecule has 0 spiro atoms. The summed E-state index contributed by atoms with van der Waals surface area (Å²) in [5.74, 6) is 2.32. The van der Waals surface area contributed by atoms with Gasteiger partial charge in [0.25, 0.3) is 6.33 Å². The molecule has 0 amide bonds. The normalized spacial score (nSPS) is 12.2. The number of benzene rings is 8. The van der Waals surface area contributed by atoms with Crippen molar-refractivity contribution >= 4 is 76.5 Å². The minimum absolute atomic E-state index is 0.0935. The third-order valence-electron chi connectivity index (χ3n) is 13.4. The molecule has 13 rings (SSSR count). The zero-order valence-electron chi connectivity index (χ0n) is 37.1. The Bertz CT molecular complexity index is 4070. The van der Waals surface area contributed by atoms with Crippen LogP contribution >= 0.6 is 0 Å². The van der Waals surface area contributed by atoms with Crippen LogP contribution in [0.2, 0.25) is 0 Å². The number of nitrogens with zero attached hydrogens (tertiary/aromatic N) is 6. The van der Waals surface area contributed by atoms with Crippen LogP contribution in [0.15, 0.2) is 194 Å². The topological polar surface area (TPSA) is 45.7 Å². The lowest BCUT2D eigenvalue weighted by molar-refractivity contribution is -0.572. The summed E-state index contributed by atoms with van der Waals surface area (Å²) in [4.78, 5) is 5.19. The standard InChI is InChI=1S/C59H44N6O/c1-59(2,3)38-32-33-60-52(34-38)65-51-36-43(66-42-23-17-22-41(35-42)63-37-62(39-18-7-5-8-19-39)49-28-15-16-29-50(49)63)30-31-46(51)53-54-45-25-12-14-27-48(45)64(40-20-9-6-10-21-40)58(54)57-55(56(53)65)44-24-11-13-26-47(44)61(57)4/h5-36H,1-4H3. The molecular weight excluding hydrogens is 809 g/mol. The van der Waals surface area contributed by atoms with Gasteiger partial charge in [-0.3, -0.25) is 13.7 Å². The van der Waals surface area contributed by atoms with Crippen LogP contribution in [0.4, 0.5) is 0 Å². The van der Waals surface area contributed by atoms with Crippen molar-refractivity contribution in [3.8, 4) is 34.4 Å². The highest BCUT2D eigenvalue weighted by atomic mass is 16.5. The molecule has 0 radical (unpaired) electrons. The van der Waals surface area contributed by atoms with Gasteiger partial charge in [0.1, 0.15) is 17.3 Å². The highest BCUT2D eigenvalue weighted by Gasteiger charge is 2.29. The molecule has 0 N–H and O–H groups in total. The van der Waals surface area contributed by atoms with Crippen molar-refractivity contribution in [2.45, 2.75) is 26.2 Å². The lowest BCUT2D eigenvalue weighted by atomic mass is 9.88. The summed E-state index contributed by atoms with van der Waals surface area (Å²) in [5, 5.41) is 7.11. The Morgan fingerprint density at radius 2 is 1.14 bits per heavy atom. The van der Waals surface area contributed by atoms with Gasteiger partial charge in [0.15, 0.2) is 0 Å². The van der Waals surface area contributed by atoms with Crippen molar-refractivity contribution in [2.75, 3.05) is 0 Å². The van der Waals surface area contributed by atoms with Crippen molar-refractivity contribution < 1.29 is 9.30 Å². The van der Waals surface area contributed by atoms with Crippen LogP contribution in [0.1, 0.15) is 26.3 Å². The first-order valence-electron chi connectivity index (χ1n) is 22.5. The van der Waals surface area contributed by atoms with Gasteiger partial charge in [-0.25, -0.2) is 4.98 Å². The third kappa shape index (κ3) is 5.62. The number of rotatable bonds is 6. The number of aromatic nitrogens is 6. The molecule has 0 aliphatic carbocycles. The predicted octanol–water partition coefficient (Wildman–Crippen LogP) is 14.0. The van der Waals surface area contributed by atoms with Crippen LogP contribution in [0.3, 0.4) is 0 Å². The van der Waals surface area contributed by atoms with Gasteiger partial charge in [0, 0.05) is 62.8 Å². The van der Waals surface area contributed by atoms with E-state index in [2.05, 4.69) is 227 Å². The van der Waals surface area contributed by atoms with Gasteiger partial charge in [-0.05, 0) is 89.8 Å². The summed E-state index contributed by atoms with van der Waals surface area (Å²) in [5.41, 5.74) is 13.2. The molecule has 0 saturated heterocycles. The SMILES string of the molecule is Cn1c2ccccc2c2c1c1c(c3ccccc3n1-c1ccccc1)c1c3ccc(Oc4cccc(-[n+]5[c-]n(-c6ccccc6)c6ccccc65)c4)cc3n(-c3cc(C(C)(C)C)ccn3)c12. The molecule has 13 aromatic rings. The van der Waals surface area contributed by atoms with Crippen molar-refractivity contribution in [3.05, 3.63) is 206 Å². The molecule has 66 heavy (non-hydrogen) atoms. The largest absolute Gasteiger partial charge is 0.458 e. The molecule has 5 aromatic heterocycles. The van der Waals surface area contributed by atoms with E-state index in [4.69, 9.17) is 9.72 Å². The Morgan fingerprint density at radius 1 is 0.500 bits per heavy atom. The fourth-order valence-corrected chi connectivity index (χ4v) is 10.4. The maximum atomic E-state index is 6.92. The van der Waals surface area contributed by atoms with Crippen LogP contribution in [0.25, 0.3) is 99.3 Å². The molecule has 0 aliphatic rings. The van der Waals surface area contributed by atoms with Crippen LogP contribution in [-0.2, 0) is 12.5 Å². The van der Waals surface area contributed by atoms with Crippen LogP contribution in [0, 0.1) is 6.33 Å². The number of pyridine rings is 1. The number of ether oxygens (including phenoxy) is 1. The number of hydrogen-bond donors (Lipinski definition) is 0. The number of para-hydroxylation sites is 6. The molecule has 0 saturated carbocycles. The summed E-state index contributed by atoms with van der Waals surface area (Å²) in [6.45, 7) is 6.79. The zero-order chi connectivity index (χ0) is 44.3. The van der Waals surface area contributed by atoms with Gasteiger partial charge in [0.05, 0.1) is 50.0 Å². The Labute approximate surface area is 381 Å². The fourth-order valence-electron chi connectivity index (χ4n) is 10.4. The van der Waals surface area contributed by atoms with Crippen LogP contribution < -0.4 is 9.30 Å². The molecular formula is C59H44N6O. The summed E-state index contributed by atoms with van der Waals surface area (Å²) in [6.07, 6.45) is 5.59. The first-order valence-corrected chi connectivity index (χ1v) is 22.5. The van der Waals surface area contributed by atoms with E-state index in [0.717, 1.165) is 67.3 Å². The highest BCUT2D eigenvalue weighted by molar-refractivity contribution is 6.40. The Hall–Kier alpha value is -8.42. The molecule has 0 fully saturated rings. The average Bonchev–Trinajstić information content (AvgIpc) is 4.09. The second kappa shape index (κ2) is 14.3. The van der Waals surface area contributed by atoms with E-state index in [-0.39, 0.29) is 5.41 Å². The van der Waals surface area contributed by atoms with E-state index in [1.807, 2.05) is 24.4 Å². The maximum Gasteiger partial charge on any atom is 0.269 e. The maximum absolute atomic E-state index is 6.92. The van der Waals surface area contributed by atoms with Gasteiger partial charge < -0.3 is 13.9 Å². The summed E-state index contributed by atoms with van der Waals surface area (Å²) in [7, 11) is 2.21. The average molecular weight is 853 g/mol. The smallest absolute Gasteiger partial charge is 0.269 e. The Balaban J connectivity index is 1.10. The fraction of sp³-hybridized carbons (Fsp3) is 0.0847. The van der Waals surface area contributed by atoms with Gasteiger partial charge in [-0.1, -0.05) is 124 Å². The molecule has 8 aromatic carbocycles. The summed E-state index contributed by atoms with van der Waals surface area (Å²) < 4.78 is 18.4. The van der Waals surface area contributed by atoms with Gasteiger partial charge in [-0.15, -0.1) is 0 Å². The number of hydrogen-bond acceptors (Lipinski definition) is 2. The minimum Gasteiger partial charge on any atom is -0.458 e. The van der Waals surface area contributed by atoms with E-state index in [1.165, 1.54) is 49.0 Å². The molecule has 0 unspecified atom stereocenters. The Morgan fingerprint density at radius 3 is 1.91 bits per heavy atom. The first kappa shape index (κ1) is 38.1. The van der Waals surface area contributed by atoms with Gasteiger partial charge in [0.2, 0.25) is 0 Å². The predicted molar refractivity (Wildman–Crippen MR) is 269 cm³/mol. The van der Waals surface area contributed by atoms with Crippen molar-refractivity contribution in [1.29, 1.82) is 0 Å². The van der Waals surface area contributed by atoms with E-state index in [9.17, 15) is 0 Å². The molecule has 7 nitrogen and oxygen atoms in total. The highest BCUT2D eigenvalue weighted by Crippen LogP contribution is 2.50. The van der Waals surface area contributed by atoms with E-state index < -0.39 is 0 Å². The molecule has 5 heterocycles. The van der Waals surface area contributed by atoms with E-state index >= 15 is 0 Å². The summed E-state index contributed by atoms with van der Waals surface area (Å²) >= 11 is 0. The lowest BCUT2D eigenvalue weighted by Crippen LogP contribution is -2.29. The molecule has 316 valence electrons. The second-order valence-electron chi connectivity index (χ2n) is 18.3. The molecule has 0 aliphatic heterocycles. The lowest BCUT2D eigenvalue weighted by Gasteiger charge is -2.20. The van der Waals surface area contributed by atoms with Gasteiger partial charge in [-0.2, -0.15) is 0 Å².